The molecule has 8 heteroatoms. The number of benzene rings is 1. The number of aryl methyl sites for hydroxylation is 1. The SMILES string of the molecule is Cc1ccc(F)cc1S(=O)(=O)N[C@H](C(=O)O)[C@@H](C)O. The van der Waals surface area contributed by atoms with E-state index < -0.39 is 34.0 Å². The summed E-state index contributed by atoms with van der Waals surface area (Å²) >= 11 is 0. The molecule has 0 aliphatic rings. The maximum Gasteiger partial charge on any atom is 0.324 e. The third kappa shape index (κ3) is 3.72. The maximum atomic E-state index is 13.1. The minimum atomic E-state index is -4.23. The summed E-state index contributed by atoms with van der Waals surface area (Å²) in [6, 6.07) is 1.45. The first kappa shape index (κ1) is 15.5. The summed E-state index contributed by atoms with van der Waals surface area (Å²) in [7, 11) is -4.23. The number of carbonyl (C=O) groups is 1. The molecule has 0 radical (unpaired) electrons. The molecular formula is C11H14FNO5S. The van der Waals surface area contributed by atoms with Crippen LogP contribution in [0.15, 0.2) is 23.1 Å². The van der Waals surface area contributed by atoms with Crippen molar-refractivity contribution in [1.29, 1.82) is 0 Å². The molecule has 106 valence electrons. The zero-order valence-electron chi connectivity index (χ0n) is 10.3. The van der Waals surface area contributed by atoms with E-state index in [4.69, 9.17) is 5.11 Å². The van der Waals surface area contributed by atoms with E-state index in [0.29, 0.717) is 0 Å². The van der Waals surface area contributed by atoms with Crippen molar-refractivity contribution in [3.8, 4) is 0 Å². The van der Waals surface area contributed by atoms with Crippen molar-refractivity contribution < 1.29 is 27.8 Å². The fraction of sp³-hybridized carbons (Fsp3) is 0.364. The van der Waals surface area contributed by atoms with Gasteiger partial charge < -0.3 is 10.2 Å². The zero-order chi connectivity index (χ0) is 14.8. The molecule has 0 unspecified atom stereocenters. The molecule has 0 aliphatic carbocycles. The van der Waals surface area contributed by atoms with E-state index in [1.165, 1.54) is 13.0 Å². The van der Waals surface area contributed by atoms with E-state index >= 15 is 0 Å². The largest absolute Gasteiger partial charge is 0.480 e. The van der Waals surface area contributed by atoms with Gasteiger partial charge in [-0.1, -0.05) is 6.07 Å². The highest BCUT2D eigenvalue weighted by atomic mass is 32.2. The summed E-state index contributed by atoms with van der Waals surface area (Å²) in [6.45, 7) is 2.59. The van der Waals surface area contributed by atoms with Crippen LogP contribution in [0.4, 0.5) is 4.39 Å². The molecule has 19 heavy (non-hydrogen) atoms. The lowest BCUT2D eigenvalue weighted by atomic mass is 10.2. The monoisotopic (exact) mass is 291 g/mol. The smallest absolute Gasteiger partial charge is 0.324 e. The first-order valence-corrected chi connectivity index (χ1v) is 6.83. The van der Waals surface area contributed by atoms with E-state index in [9.17, 15) is 22.7 Å². The first-order chi connectivity index (χ1) is 8.65. The quantitative estimate of drug-likeness (QED) is 0.721. The van der Waals surface area contributed by atoms with E-state index in [1.54, 1.807) is 0 Å². The molecule has 0 saturated heterocycles. The summed E-state index contributed by atoms with van der Waals surface area (Å²) in [5.41, 5.74) is 0.267. The molecule has 2 atom stereocenters. The van der Waals surface area contributed by atoms with Gasteiger partial charge in [0.1, 0.15) is 11.9 Å². The number of hydrogen-bond acceptors (Lipinski definition) is 4. The average Bonchev–Trinajstić information content (AvgIpc) is 2.28. The van der Waals surface area contributed by atoms with Crippen molar-refractivity contribution in [2.75, 3.05) is 0 Å². The third-order valence-electron chi connectivity index (χ3n) is 2.47. The van der Waals surface area contributed by atoms with E-state index in [2.05, 4.69) is 0 Å². The van der Waals surface area contributed by atoms with Gasteiger partial charge >= 0.3 is 5.97 Å². The molecule has 0 amide bonds. The Balaban J connectivity index is 3.17. The highest BCUT2D eigenvalue weighted by Crippen LogP contribution is 2.17. The number of hydrogen-bond donors (Lipinski definition) is 3. The number of sulfonamides is 1. The molecule has 0 bridgehead atoms. The molecule has 1 aromatic carbocycles. The Kier molecular flexibility index (Phi) is 4.61. The number of carboxylic acid groups (broad SMARTS) is 1. The third-order valence-corrected chi connectivity index (χ3v) is 4.05. The van der Waals surface area contributed by atoms with Gasteiger partial charge in [0.05, 0.1) is 11.0 Å². The Morgan fingerprint density at radius 2 is 2.00 bits per heavy atom. The van der Waals surface area contributed by atoms with Crippen molar-refractivity contribution in [2.45, 2.75) is 30.9 Å². The van der Waals surface area contributed by atoms with Crippen molar-refractivity contribution in [1.82, 2.24) is 4.72 Å². The lowest BCUT2D eigenvalue weighted by Gasteiger charge is -2.18. The topological polar surface area (TPSA) is 104 Å². The Hall–Kier alpha value is -1.51. The Bertz CT molecular complexity index is 585. The maximum absolute atomic E-state index is 13.1. The van der Waals surface area contributed by atoms with Crippen LogP contribution < -0.4 is 4.72 Å². The van der Waals surface area contributed by atoms with Crippen LogP contribution in [0.5, 0.6) is 0 Å². The van der Waals surface area contributed by atoms with Gasteiger partial charge in [-0.15, -0.1) is 0 Å². The molecule has 0 spiro atoms. The minimum absolute atomic E-state index is 0.267. The molecule has 3 N–H and O–H groups in total. The normalized spacial score (nSPS) is 14.9. The number of aliphatic hydroxyl groups excluding tert-OH is 1. The van der Waals surface area contributed by atoms with Gasteiger partial charge in [-0.25, -0.2) is 12.8 Å². The summed E-state index contributed by atoms with van der Waals surface area (Å²) in [4.78, 5) is 10.5. The molecule has 0 fully saturated rings. The predicted octanol–water partition coefficient (Wildman–Crippen LogP) is 0.246. The lowest BCUT2D eigenvalue weighted by molar-refractivity contribution is -0.141. The summed E-state index contributed by atoms with van der Waals surface area (Å²) < 4.78 is 38.9. The van der Waals surface area contributed by atoms with Crippen LogP contribution >= 0.6 is 0 Å². The van der Waals surface area contributed by atoms with Crippen LogP contribution in [-0.2, 0) is 14.8 Å². The molecule has 0 aromatic heterocycles. The fourth-order valence-corrected chi connectivity index (χ4v) is 2.97. The lowest BCUT2D eigenvalue weighted by Crippen LogP contribution is -2.47. The second kappa shape index (κ2) is 5.64. The standard InChI is InChI=1S/C11H14FNO5S/c1-6-3-4-8(12)5-9(6)19(17,18)13-10(7(2)14)11(15)16/h3-5,7,10,13-14H,1-2H3,(H,15,16)/t7-,10+/m1/s1. The van der Waals surface area contributed by atoms with Gasteiger partial charge in [-0.05, 0) is 31.5 Å². The summed E-state index contributed by atoms with van der Waals surface area (Å²) in [5.74, 6) is -2.28. The highest BCUT2D eigenvalue weighted by Gasteiger charge is 2.30. The predicted molar refractivity (Wildman–Crippen MR) is 64.6 cm³/mol. The second-order valence-electron chi connectivity index (χ2n) is 4.09. The molecule has 1 rings (SSSR count). The second-order valence-corrected chi connectivity index (χ2v) is 5.77. The van der Waals surface area contributed by atoms with Crippen LogP contribution in [0.1, 0.15) is 12.5 Å². The molecule has 6 nitrogen and oxygen atoms in total. The van der Waals surface area contributed by atoms with Crippen molar-refractivity contribution in [2.24, 2.45) is 0 Å². The number of halogens is 1. The fourth-order valence-electron chi connectivity index (χ4n) is 1.45. The average molecular weight is 291 g/mol. The van der Waals surface area contributed by atoms with Gasteiger partial charge in [-0.2, -0.15) is 4.72 Å². The van der Waals surface area contributed by atoms with Gasteiger partial charge in [0.2, 0.25) is 10.0 Å². The Morgan fingerprint density at radius 1 is 1.42 bits per heavy atom. The molecule has 0 heterocycles. The van der Waals surface area contributed by atoms with Crippen molar-refractivity contribution in [3.05, 3.63) is 29.6 Å². The van der Waals surface area contributed by atoms with Crippen LogP contribution in [-0.4, -0.2) is 36.7 Å². The number of aliphatic hydroxyl groups is 1. The van der Waals surface area contributed by atoms with Crippen LogP contribution in [0.3, 0.4) is 0 Å². The van der Waals surface area contributed by atoms with E-state index in [0.717, 1.165) is 19.1 Å². The zero-order valence-corrected chi connectivity index (χ0v) is 11.1. The first-order valence-electron chi connectivity index (χ1n) is 5.34. The van der Waals surface area contributed by atoms with Crippen molar-refractivity contribution >= 4 is 16.0 Å². The number of nitrogens with one attached hydrogen (secondary N) is 1. The van der Waals surface area contributed by atoms with E-state index in [1.807, 2.05) is 4.72 Å². The van der Waals surface area contributed by atoms with Gasteiger partial charge in [-0.3, -0.25) is 4.79 Å². The molecule has 0 aliphatic heterocycles. The van der Waals surface area contributed by atoms with Gasteiger partial charge in [0.25, 0.3) is 0 Å². The molecule has 0 saturated carbocycles. The van der Waals surface area contributed by atoms with Crippen LogP contribution in [0.25, 0.3) is 0 Å². The Labute approximate surface area is 109 Å². The minimum Gasteiger partial charge on any atom is -0.480 e. The molecular weight excluding hydrogens is 277 g/mol. The summed E-state index contributed by atoms with van der Waals surface area (Å²) in [5, 5.41) is 18.1. The van der Waals surface area contributed by atoms with E-state index in [-0.39, 0.29) is 10.5 Å². The number of aliphatic carboxylic acids is 1. The van der Waals surface area contributed by atoms with Crippen LogP contribution in [0.2, 0.25) is 0 Å². The van der Waals surface area contributed by atoms with Gasteiger partial charge in [0, 0.05) is 0 Å². The highest BCUT2D eigenvalue weighted by molar-refractivity contribution is 7.89. The van der Waals surface area contributed by atoms with Crippen molar-refractivity contribution in [3.63, 3.8) is 0 Å². The van der Waals surface area contributed by atoms with Crippen LogP contribution in [0, 0.1) is 12.7 Å². The Morgan fingerprint density at radius 3 is 2.47 bits per heavy atom. The van der Waals surface area contributed by atoms with Gasteiger partial charge in [0.15, 0.2) is 0 Å². The number of carboxylic acids is 1. The summed E-state index contributed by atoms with van der Waals surface area (Å²) in [6.07, 6.45) is -1.43. The molecule has 1 aromatic rings. The number of rotatable bonds is 5.